The molecule has 1 aromatic carbocycles. The molecule has 0 radical (unpaired) electrons. The van der Waals surface area contributed by atoms with E-state index in [4.69, 9.17) is 0 Å². The molecule has 1 aromatic heterocycles. The van der Waals surface area contributed by atoms with E-state index in [0.717, 1.165) is 50.5 Å². The van der Waals surface area contributed by atoms with Crippen molar-refractivity contribution in [1.29, 1.82) is 0 Å². The largest absolute Gasteiger partial charge is 0.353 e. The maximum absolute atomic E-state index is 12.6. The Morgan fingerprint density at radius 2 is 1.92 bits per heavy atom. The Morgan fingerprint density at radius 3 is 2.71 bits per heavy atom. The number of nitrogens with zero attached hydrogens (tertiary/aromatic N) is 4. The molecular weight excluding hydrogens is 302 g/mol. The van der Waals surface area contributed by atoms with Gasteiger partial charge in [-0.25, -0.2) is 4.98 Å². The normalized spacial score (nSPS) is 21.8. The number of hydrogen-bond acceptors (Lipinski definition) is 5. The summed E-state index contributed by atoms with van der Waals surface area (Å²) in [7, 11) is 0. The molecule has 1 unspecified atom stereocenters. The zero-order chi connectivity index (χ0) is 16.4. The Labute approximate surface area is 141 Å². The third-order valence-corrected chi connectivity index (χ3v) is 4.89. The van der Waals surface area contributed by atoms with E-state index >= 15 is 0 Å². The minimum atomic E-state index is -0.0543. The molecule has 4 rings (SSSR count). The van der Waals surface area contributed by atoms with E-state index < -0.39 is 0 Å². The summed E-state index contributed by atoms with van der Waals surface area (Å²) in [6.45, 7) is 3.47. The molecule has 3 heterocycles. The molecule has 24 heavy (non-hydrogen) atoms. The van der Waals surface area contributed by atoms with Gasteiger partial charge in [-0.15, -0.1) is 0 Å². The van der Waals surface area contributed by atoms with Crippen LogP contribution in [0.3, 0.4) is 0 Å². The van der Waals surface area contributed by atoms with Crippen LogP contribution in [0.15, 0.2) is 42.9 Å². The lowest BCUT2D eigenvalue weighted by atomic mass is 10.0. The maximum Gasteiger partial charge on any atom is 0.241 e. The van der Waals surface area contributed by atoms with E-state index in [1.807, 2.05) is 18.2 Å². The Morgan fingerprint density at radius 1 is 1.08 bits per heavy atom. The van der Waals surface area contributed by atoms with Crippen molar-refractivity contribution in [3.8, 4) is 0 Å². The van der Waals surface area contributed by atoms with Crippen LogP contribution in [0, 0.1) is 0 Å². The van der Waals surface area contributed by atoms with Crippen LogP contribution in [0.25, 0.3) is 0 Å². The molecule has 0 spiro atoms. The average Bonchev–Trinajstić information content (AvgIpc) is 2.81. The van der Waals surface area contributed by atoms with Gasteiger partial charge in [0.2, 0.25) is 5.91 Å². The summed E-state index contributed by atoms with van der Waals surface area (Å²) < 4.78 is 0. The summed E-state index contributed by atoms with van der Waals surface area (Å²) in [5.41, 5.74) is 2.19. The minimum absolute atomic E-state index is 0.0543. The minimum Gasteiger partial charge on any atom is -0.353 e. The van der Waals surface area contributed by atoms with Gasteiger partial charge in [0.15, 0.2) is 0 Å². The topological polar surface area (TPSA) is 61.4 Å². The van der Waals surface area contributed by atoms with Gasteiger partial charge in [-0.2, -0.15) is 0 Å². The molecule has 1 fully saturated rings. The molecule has 1 amide bonds. The van der Waals surface area contributed by atoms with Gasteiger partial charge in [0, 0.05) is 44.3 Å². The summed E-state index contributed by atoms with van der Waals surface area (Å²) in [6, 6.07) is 8.04. The van der Waals surface area contributed by atoms with Crippen LogP contribution in [0.2, 0.25) is 0 Å². The number of rotatable bonds is 2. The number of piperazine rings is 1. The lowest BCUT2D eigenvalue weighted by molar-refractivity contribution is -0.121. The fraction of sp³-hybridized carbons (Fsp3) is 0.389. The van der Waals surface area contributed by atoms with Crippen LogP contribution in [0.4, 0.5) is 11.5 Å². The molecule has 0 bridgehead atoms. The van der Waals surface area contributed by atoms with Crippen LogP contribution in [0.5, 0.6) is 0 Å². The second kappa shape index (κ2) is 6.57. The van der Waals surface area contributed by atoms with Gasteiger partial charge >= 0.3 is 0 Å². The predicted molar refractivity (Wildman–Crippen MR) is 93.0 cm³/mol. The summed E-state index contributed by atoms with van der Waals surface area (Å²) in [5, 5.41) is 3.10. The fourth-order valence-electron chi connectivity index (χ4n) is 3.57. The number of para-hydroxylation sites is 1. The van der Waals surface area contributed by atoms with Crippen LogP contribution < -0.4 is 10.2 Å². The van der Waals surface area contributed by atoms with Crippen molar-refractivity contribution in [3.63, 3.8) is 0 Å². The highest BCUT2D eigenvalue weighted by molar-refractivity contribution is 5.96. The number of aryl methyl sites for hydroxylation is 1. The number of carbonyl (C=O) groups excluding carboxylic acids is 1. The first-order chi connectivity index (χ1) is 11.8. The van der Waals surface area contributed by atoms with Gasteiger partial charge < -0.3 is 10.2 Å². The van der Waals surface area contributed by atoms with Crippen molar-refractivity contribution >= 4 is 17.4 Å². The van der Waals surface area contributed by atoms with Crippen molar-refractivity contribution in [2.45, 2.75) is 18.9 Å². The molecule has 124 valence electrons. The highest BCUT2D eigenvalue weighted by atomic mass is 16.2. The summed E-state index contributed by atoms with van der Waals surface area (Å²) in [4.78, 5) is 25.7. The zero-order valence-corrected chi connectivity index (χ0v) is 13.6. The number of anilines is 2. The van der Waals surface area contributed by atoms with Gasteiger partial charge in [0.25, 0.3) is 0 Å². The Balaban J connectivity index is 1.42. The van der Waals surface area contributed by atoms with Crippen molar-refractivity contribution in [3.05, 3.63) is 48.4 Å². The zero-order valence-electron chi connectivity index (χ0n) is 13.6. The first kappa shape index (κ1) is 15.1. The highest BCUT2D eigenvalue weighted by Crippen LogP contribution is 2.24. The molecule has 0 aliphatic carbocycles. The fourth-order valence-corrected chi connectivity index (χ4v) is 3.57. The van der Waals surface area contributed by atoms with Crippen LogP contribution in [0.1, 0.15) is 12.0 Å². The lowest BCUT2D eigenvalue weighted by Gasteiger charge is -2.38. The number of amides is 1. The van der Waals surface area contributed by atoms with Crippen molar-refractivity contribution in [2.75, 3.05) is 36.4 Å². The van der Waals surface area contributed by atoms with Gasteiger partial charge in [0.05, 0.1) is 12.2 Å². The van der Waals surface area contributed by atoms with Gasteiger partial charge in [-0.3, -0.25) is 14.7 Å². The third-order valence-electron chi connectivity index (χ3n) is 4.89. The molecule has 1 saturated heterocycles. The Hall–Kier alpha value is -2.47. The second-order valence-corrected chi connectivity index (χ2v) is 6.29. The van der Waals surface area contributed by atoms with E-state index in [0.29, 0.717) is 0 Å². The first-order valence-electron chi connectivity index (χ1n) is 8.45. The van der Waals surface area contributed by atoms with Crippen molar-refractivity contribution in [1.82, 2.24) is 14.9 Å². The monoisotopic (exact) mass is 323 g/mol. The predicted octanol–water partition coefficient (Wildman–Crippen LogP) is 1.55. The second-order valence-electron chi connectivity index (χ2n) is 6.29. The average molecular weight is 323 g/mol. The molecule has 0 saturated carbocycles. The highest BCUT2D eigenvalue weighted by Gasteiger charge is 2.31. The number of aromatic nitrogens is 2. The first-order valence-corrected chi connectivity index (χ1v) is 8.45. The van der Waals surface area contributed by atoms with Gasteiger partial charge in [-0.1, -0.05) is 18.2 Å². The van der Waals surface area contributed by atoms with Crippen molar-refractivity contribution < 1.29 is 4.79 Å². The molecule has 6 nitrogen and oxygen atoms in total. The van der Waals surface area contributed by atoms with Crippen LogP contribution >= 0.6 is 0 Å². The lowest BCUT2D eigenvalue weighted by Crippen LogP contribution is -2.53. The molecule has 2 aliphatic rings. The van der Waals surface area contributed by atoms with Gasteiger partial charge in [-0.05, 0) is 24.5 Å². The Bertz CT molecular complexity index is 712. The Kier molecular flexibility index (Phi) is 4.13. The van der Waals surface area contributed by atoms with E-state index in [2.05, 4.69) is 31.2 Å². The van der Waals surface area contributed by atoms with Crippen LogP contribution in [-0.2, 0) is 11.2 Å². The van der Waals surface area contributed by atoms with E-state index in [1.165, 1.54) is 5.56 Å². The molecule has 6 heteroatoms. The summed E-state index contributed by atoms with van der Waals surface area (Å²) in [5.74, 6) is 1.03. The summed E-state index contributed by atoms with van der Waals surface area (Å²) >= 11 is 0. The van der Waals surface area contributed by atoms with Crippen LogP contribution in [-0.4, -0.2) is 53.0 Å². The van der Waals surface area contributed by atoms with Gasteiger partial charge in [0.1, 0.15) is 5.82 Å². The molecule has 1 N–H and O–H groups in total. The van der Waals surface area contributed by atoms with E-state index in [9.17, 15) is 4.79 Å². The number of nitrogens with one attached hydrogen (secondary N) is 1. The number of benzene rings is 1. The molecular formula is C18H21N5O. The standard InChI is InChI=1S/C18H21N5O/c24-18-16(6-5-14-3-1-2-4-15(14)21-18)22-9-11-23(12-10-22)17-13-19-7-8-20-17/h1-4,7-8,13,16H,5-6,9-12H2,(H,21,24). The summed E-state index contributed by atoms with van der Waals surface area (Å²) in [6.07, 6.45) is 7.01. The molecule has 2 aromatic rings. The van der Waals surface area contributed by atoms with E-state index in [1.54, 1.807) is 18.6 Å². The maximum atomic E-state index is 12.6. The smallest absolute Gasteiger partial charge is 0.241 e. The quantitative estimate of drug-likeness (QED) is 0.909. The number of fused-ring (bicyclic) bond motifs is 1. The third kappa shape index (κ3) is 2.97. The number of hydrogen-bond donors (Lipinski definition) is 1. The molecule has 1 atom stereocenters. The number of carbonyl (C=O) groups is 1. The van der Waals surface area contributed by atoms with Crippen molar-refractivity contribution in [2.24, 2.45) is 0 Å². The SMILES string of the molecule is O=C1Nc2ccccc2CCC1N1CCN(c2cnccn2)CC1. The molecule has 2 aliphatic heterocycles. The van der Waals surface area contributed by atoms with E-state index in [-0.39, 0.29) is 11.9 Å².